The fourth-order valence-electron chi connectivity index (χ4n) is 4.27. The predicted octanol–water partition coefficient (Wildman–Crippen LogP) is 3.99. The summed E-state index contributed by atoms with van der Waals surface area (Å²) in [7, 11) is 0. The van der Waals surface area contributed by atoms with Crippen LogP contribution in [-0.2, 0) is 25.6 Å². The minimum atomic E-state index is -0.777. The molecule has 31 heavy (non-hydrogen) atoms. The molecule has 3 aromatic rings. The normalized spacial score (nSPS) is 30.4. The van der Waals surface area contributed by atoms with Crippen molar-refractivity contribution < 1.29 is 68.1 Å². The van der Waals surface area contributed by atoms with Crippen LogP contribution >= 0.6 is 0 Å². The number of rotatable bonds is 4. The molecule has 1 N–H and O–H groups in total. The second-order valence-corrected chi connectivity index (χ2v) is 8.00. The molecule has 2 heterocycles. The standard InChI is InChI=1S/C25H26O5.Ac/c1-16-22(26)24(27-14-17-11-12-18-7-5-6-10-20(18)13-17)23-21(29-16)15-28-25(30-23)19-8-3-2-4-9-19;/h2-13,16,21-26H,14-15H2,1H3;. The van der Waals surface area contributed by atoms with E-state index in [9.17, 15) is 5.11 Å². The maximum absolute atomic E-state index is 10.8. The van der Waals surface area contributed by atoms with Gasteiger partial charge in [-0.25, -0.2) is 0 Å². The molecule has 3 aromatic carbocycles. The van der Waals surface area contributed by atoms with E-state index in [4.69, 9.17) is 18.9 Å². The van der Waals surface area contributed by atoms with Crippen molar-refractivity contribution in [1.82, 2.24) is 0 Å². The van der Waals surface area contributed by atoms with E-state index in [0.717, 1.165) is 11.1 Å². The van der Waals surface area contributed by atoms with Crippen LogP contribution in [0.5, 0.6) is 0 Å². The molecule has 0 aliphatic carbocycles. The van der Waals surface area contributed by atoms with Crippen molar-refractivity contribution in [2.45, 2.75) is 50.3 Å². The number of aliphatic hydroxyl groups is 1. The third-order valence-corrected chi connectivity index (χ3v) is 5.92. The number of benzene rings is 3. The Morgan fingerprint density at radius 2 is 1.68 bits per heavy atom. The molecule has 0 aromatic heterocycles. The Bertz CT molecular complexity index is 997. The summed E-state index contributed by atoms with van der Waals surface area (Å²) in [4.78, 5) is 0. The van der Waals surface area contributed by atoms with E-state index < -0.39 is 24.6 Å². The summed E-state index contributed by atoms with van der Waals surface area (Å²) in [5.74, 6) is 0. The first kappa shape index (κ1) is 23.3. The maximum atomic E-state index is 10.8. The van der Waals surface area contributed by atoms with Gasteiger partial charge in [0.25, 0.3) is 0 Å². The van der Waals surface area contributed by atoms with E-state index in [1.807, 2.05) is 49.4 Å². The smallest absolute Gasteiger partial charge is 0.184 e. The molecule has 2 aliphatic heterocycles. The summed E-state index contributed by atoms with van der Waals surface area (Å²) in [5, 5.41) is 13.2. The van der Waals surface area contributed by atoms with Gasteiger partial charge >= 0.3 is 0 Å². The summed E-state index contributed by atoms with van der Waals surface area (Å²) < 4.78 is 24.3. The van der Waals surface area contributed by atoms with Crippen LogP contribution in [-0.4, -0.2) is 42.2 Å². The first-order valence-electron chi connectivity index (χ1n) is 10.4. The predicted molar refractivity (Wildman–Crippen MR) is 113 cm³/mol. The number of hydrogen-bond donors (Lipinski definition) is 1. The monoisotopic (exact) mass is 633 g/mol. The zero-order chi connectivity index (χ0) is 20.5. The van der Waals surface area contributed by atoms with Gasteiger partial charge in [-0.1, -0.05) is 66.7 Å². The topological polar surface area (TPSA) is 57.2 Å². The van der Waals surface area contributed by atoms with E-state index in [0.29, 0.717) is 13.2 Å². The SMILES string of the molecule is CC1OC2COC(c3ccccc3)OC2C(OCc2ccc3ccccc3c2)C1O.[Ac]. The van der Waals surface area contributed by atoms with Gasteiger partial charge in [-0.15, -0.1) is 0 Å². The molecule has 159 valence electrons. The van der Waals surface area contributed by atoms with E-state index >= 15 is 0 Å². The molecular weight excluding hydrogens is 607 g/mol. The van der Waals surface area contributed by atoms with Gasteiger partial charge in [-0.2, -0.15) is 0 Å². The first-order valence-corrected chi connectivity index (χ1v) is 10.4. The molecule has 0 spiro atoms. The molecule has 6 unspecified atom stereocenters. The van der Waals surface area contributed by atoms with Crippen LogP contribution in [0.2, 0.25) is 0 Å². The van der Waals surface area contributed by atoms with Gasteiger partial charge in [0.2, 0.25) is 0 Å². The summed E-state index contributed by atoms with van der Waals surface area (Å²) in [6.07, 6.45) is -2.81. The Hall–Kier alpha value is -0.838. The Kier molecular flexibility index (Phi) is 7.82. The molecule has 2 fully saturated rings. The molecule has 2 saturated heterocycles. The first-order chi connectivity index (χ1) is 14.7. The van der Waals surface area contributed by atoms with Crippen LogP contribution in [0.1, 0.15) is 24.3 Å². The average Bonchev–Trinajstić information content (AvgIpc) is 2.79. The van der Waals surface area contributed by atoms with Crippen molar-refractivity contribution in [3.05, 3.63) is 83.9 Å². The van der Waals surface area contributed by atoms with Crippen molar-refractivity contribution in [2.75, 3.05) is 6.61 Å². The third kappa shape index (κ3) is 5.07. The zero-order valence-electron chi connectivity index (χ0n) is 17.5. The average molecular weight is 633 g/mol. The van der Waals surface area contributed by atoms with Gasteiger partial charge in [0, 0.05) is 49.6 Å². The van der Waals surface area contributed by atoms with Crippen molar-refractivity contribution in [2.24, 2.45) is 0 Å². The summed E-state index contributed by atoms with van der Waals surface area (Å²) in [5.41, 5.74) is 2.00. The molecular formula is C25H26AcO5. The molecule has 0 saturated carbocycles. The summed E-state index contributed by atoms with van der Waals surface area (Å²) in [6.45, 7) is 2.65. The van der Waals surface area contributed by atoms with Crippen molar-refractivity contribution in [1.29, 1.82) is 0 Å². The van der Waals surface area contributed by atoms with E-state index in [-0.39, 0.29) is 56.3 Å². The van der Waals surface area contributed by atoms with Crippen LogP contribution < -0.4 is 0 Å². The van der Waals surface area contributed by atoms with Crippen molar-refractivity contribution >= 4 is 10.8 Å². The molecule has 2 aliphatic rings. The van der Waals surface area contributed by atoms with Crippen LogP contribution in [0.15, 0.2) is 72.8 Å². The second kappa shape index (κ2) is 10.4. The van der Waals surface area contributed by atoms with Gasteiger partial charge in [0.05, 0.1) is 19.3 Å². The minimum absolute atomic E-state index is 0. The van der Waals surface area contributed by atoms with Gasteiger partial charge < -0.3 is 24.1 Å². The van der Waals surface area contributed by atoms with Crippen LogP contribution in [0.4, 0.5) is 0 Å². The van der Waals surface area contributed by atoms with Crippen LogP contribution in [0.3, 0.4) is 0 Å². The fraction of sp³-hybridized carbons (Fsp3) is 0.360. The summed E-state index contributed by atoms with van der Waals surface area (Å²) >= 11 is 0. The largest absolute Gasteiger partial charge is 0.388 e. The fourth-order valence-corrected chi connectivity index (χ4v) is 4.27. The Morgan fingerprint density at radius 3 is 2.48 bits per heavy atom. The number of fused-ring (bicyclic) bond motifs is 2. The van der Waals surface area contributed by atoms with Crippen molar-refractivity contribution in [3.63, 3.8) is 0 Å². The van der Waals surface area contributed by atoms with Crippen molar-refractivity contribution in [3.8, 4) is 0 Å². The summed E-state index contributed by atoms with van der Waals surface area (Å²) in [6, 6.07) is 24.3. The second-order valence-electron chi connectivity index (χ2n) is 8.00. The van der Waals surface area contributed by atoms with Gasteiger partial charge in [-0.05, 0) is 29.3 Å². The van der Waals surface area contributed by atoms with E-state index in [2.05, 4.69) is 30.3 Å². The van der Waals surface area contributed by atoms with Gasteiger partial charge in [0.1, 0.15) is 24.4 Å². The molecule has 6 heteroatoms. The Balaban J connectivity index is 0.00000231. The van der Waals surface area contributed by atoms with Crippen LogP contribution in [0.25, 0.3) is 10.8 Å². The van der Waals surface area contributed by atoms with Crippen LogP contribution in [0, 0.1) is 44.1 Å². The molecule has 0 amide bonds. The Labute approximate surface area is 218 Å². The third-order valence-electron chi connectivity index (χ3n) is 5.92. The van der Waals surface area contributed by atoms with E-state index in [1.54, 1.807) is 0 Å². The number of ether oxygens (including phenoxy) is 4. The number of hydrogen-bond acceptors (Lipinski definition) is 5. The van der Waals surface area contributed by atoms with Gasteiger partial charge in [-0.3, -0.25) is 0 Å². The maximum Gasteiger partial charge on any atom is 0.184 e. The van der Waals surface area contributed by atoms with E-state index in [1.165, 1.54) is 10.8 Å². The zero-order valence-corrected chi connectivity index (χ0v) is 22.2. The minimum Gasteiger partial charge on any atom is -0.388 e. The quantitative estimate of drug-likeness (QED) is 0.472. The molecule has 1 radical (unpaired) electrons. The Morgan fingerprint density at radius 1 is 0.935 bits per heavy atom. The molecule has 6 atom stereocenters. The number of aliphatic hydroxyl groups excluding tert-OH is 1. The van der Waals surface area contributed by atoms with Gasteiger partial charge in [0.15, 0.2) is 6.29 Å². The molecule has 5 nitrogen and oxygen atoms in total. The molecule has 0 bridgehead atoms. The molecule has 5 rings (SSSR count).